The Labute approximate surface area is 171 Å². The zero-order valence-electron chi connectivity index (χ0n) is 15.6. The van der Waals surface area contributed by atoms with Crippen molar-refractivity contribution in [2.75, 3.05) is 36.4 Å². The lowest BCUT2D eigenvalue weighted by atomic mass is 10.1. The highest BCUT2D eigenvalue weighted by Gasteiger charge is 2.19. The molecule has 3 rings (SSSR count). The molecule has 1 aliphatic heterocycles. The van der Waals surface area contributed by atoms with Gasteiger partial charge in [0.1, 0.15) is 5.82 Å². The molecule has 150 valence electrons. The van der Waals surface area contributed by atoms with E-state index in [-0.39, 0.29) is 30.7 Å². The molecule has 2 N–H and O–H groups in total. The van der Waals surface area contributed by atoms with Gasteiger partial charge in [-0.05, 0) is 51.9 Å². The summed E-state index contributed by atoms with van der Waals surface area (Å²) in [6.45, 7) is 7.91. The van der Waals surface area contributed by atoms with Crippen molar-refractivity contribution in [3.8, 4) is 0 Å². The van der Waals surface area contributed by atoms with Gasteiger partial charge in [-0.15, -0.1) is 29.9 Å². The number of hydrogen-bond donors (Lipinski definition) is 2. The number of pyridine rings is 1. The van der Waals surface area contributed by atoms with Crippen LogP contribution in [0.4, 0.5) is 11.5 Å². The van der Waals surface area contributed by atoms with Crippen molar-refractivity contribution < 1.29 is 4.79 Å². The second kappa shape index (κ2) is 11.1. The average Bonchev–Trinajstić information content (AvgIpc) is 3.15. The van der Waals surface area contributed by atoms with Gasteiger partial charge in [0.25, 0.3) is 5.91 Å². The maximum Gasteiger partial charge on any atom is 0.277 e. The molecule has 10 heteroatoms. The van der Waals surface area contributed by atoms with Gasteiger partial charge in [-0.25, -0.2) is 9.67 Å². The molecule has 2 aromatic heterocycles. The fourth-order valence-electron chi connectivity index (χ4n) is 3.02. The number of carbonyl (C=O) groups excluding carboxylic acids is 1. The highest BCUT2D eigenvalue weighted by molar-refractivity contribution is 6.02. The first kappa shape index (κ1) is 23.1. The number of halogens is 2. The number of anilines is 2. The third kappa shape index (κ3) is 5.79. The van der Waals surface area contributed by atoms with E-state index in [1.807, 2.05) is 12.1 Å². The zero-order chi connectivity index (χ0) is 17.6. The standard InChI is InChI=1S/C17H25N7O.2ClH/c1-3-23(4-2)16-6-5-13(11-19-16)20-17(25)15-12-24(22-21-15)14-7-9-18-10-8-14;;/h5-6,11-12,14,18H,3-4,7-10H2,1-2H3,(H,20,25);2*1H. The summed E-state index contributed by atoms with van der Waals surface area (Å²) in [6.07, 6.45) is 5.40. The maximum atomic E-state index is 12.4. The molecule has 1 saturated heterocycles. The molecule has 0 radical (unpaired) electrons. The van der Waals surface area contributed by atoms with Crippen LogP contribution in [0.5, 0.6) is 0 Å². The Morgan fingerprint density at radius 2 is 1.96 bits per heavy atom. The van der Waals surface area contributed by atoms with Crippen LogP contribution in [-0.2, 0) is 0 Å². The van der Waals surface area contributed by atoms with E-state index >= 15 is 0 Å². The summed E-state index contributed by atoms with van der Waals surface area (Å²) in [4.78, 5) is 18.9. The number of nitrogens with zero attached hydrogens (tertiary/aromatic N) is 5. The molecule has 0 unspecified atom stereocenters. The summed E-state index contributed by atoms with van der Waals surface area (Å²) in [5.41, 5.74) is 0.976. The van der Waals surface area contributed by atoms with Gasteiger partial charge in [0.05, 0.1) is 24.1 Å². The normalized spacial score (nSPS) is 14.0. The van der Waals surface area contributed by atoms with Crippen molar-refractivity contribution >= 4 is 42.2 Å². The summed E-state index contributed by atoms with van der Waals surface area (Å²) in [5.74, 6) is 0.637. The van der Waals surface area contributed by atoms with Gasteiger partial charge >= 0.3 is 0 Å². The molecular formula is C17H27Cl2N7O. The number of hydrogen-bond acceptors (Lipinski definition) is 6. The predicted octanol–water partition coefficient (Wildman–Crippen LogP) is 2.54. The molecule has 0 bridgehead atoms. The largest absolute Gasteiger partial charge is 0.357 e. The molecular weight excluding hydrogens is 389 g/mol. The lowest BCUT2D eigenvalue weighted by Gasteiger charge is -2.22. The molecule has 0 spiro atoms. The second-order valence-electron chi connectivity index (χ2n) is 6.10. The Bertz CT molecular complexity index is 698. The average molecular weight is 416 g/mol. The number of nitrogens with one attached hydrogen (secondary N) is 2. The molecule has 27 heavy (non-hydrogen) atoms. The number of rotatable bonds is 6. The fraction of sp³-hybridized carbons (Fsp3) is 0.529. The first-order valence-corrected chi connectivity index (χ1v) is 8.86. The van der Waals surface area contributed by atoms with Crippen LogP contribution < -0.4 is 15.5 Å². The Kier molecular flexibility index (Phi) is 9.48. The van der Waals surface area contributed by atoms with Gasteiger partial charge in [0, 0.05) is 13.1 Å². The van der Waals surface area contributed by atoms with E-state index in [0.29, 0.717) is 17.4 Å². The number of aromatic nitrogens is 4. The molecule has 1 amide bonds. The van der Waals surface area contributed by atoms with E-state index in [4.69, 9.17) is 0 Å². The summed E-state index contributed by atoms with van der Waals surface area (Å²) in [5, 5.41) is 14.3. The van der Waals surface area contributed by atoms with Gasteiger partial charge in [-0.2, -0.15) is 0 Å². The van der Waals surface area contributed by atoms with E-state index < -0.39 is 0 Å². The summed E-state index contributed by atoms with van der Waals surface area (Å²) < 4.78 is 1.80. The van der Waals surface area contributed by atoms with Crippen LogP contribution in [-0.4, -0.2) is 52.1 Å². The van der Waals surface area contributed by atoms with Gasteiger partial charge in [0.2, 0.25) is 0 Å². The van der Waals surface area contributed by atoms with E-state index in [9.17, 15) is 4.79 Å². The molecule has 2 aromatic rings. The summed E-state index contributed by atoms with van der Waals surface area (Å²) >= 11 is 0. The fourth-order valence-corrected chi connectivity index (χ4v) is 3.02. The minimum Gasteiger partial charge on any atom is -0.357 e. The molecule has 1 fully saturated rings. The van der Waals surface area contributed by atoms with Crippen LogP contribution >= 0.6 is 24.8 Å². The molecule has 1 aliphatic rings. The molecule has 0 aromatic carbocycles. The lowest BCUT2D eigenvalue weighted by molar-refractivity contribution is 0.102. The molecule has 3 heterocycles. The monoisotopic (exact) mass is 415 g/mol. The first-order chi connectivity index (χ1) is 12.2. The minimum absolute atomic E-state index is 0. The summed E-state index contributed by atoms with van der Waals surface area (Å²) in [7, 11) is 0. The predicted molar refractivity (Wildman–Crippen MR) is 111 cm³/mol. The van der Waals surface area contributed by atoms with Crippen LogP contribution in [0.15, 0.2) is 24.5 Å². The van der Waals surface area contributed by atoms with Crippen LogP contribution in [0.3, 0.4) is 0 Å². The van der Waals surface area contributed by atoms with Crippen molar-refractivity contribution in [2.45, 2.75) is 32.7 Å². The molecule has 8 nitrogen and oxygen atoms in total. The third-order valence-corrected chi connectivity index (χ3v) is 4.52. The Balaban J connectivity index is 0.00000182. The second-order valence-corrected chi connectivity index (χ2v) is 6.10. The SMILES string of the molecule is CCN(CC)c1ccc(NC(=O)c2cn(C3CCNCC3)nn2)cn1.Cl.Cl. The van der Waals surface area contributed by atoms with Gasteiger partial charge in [-0.3, -0.25) is 4.79 Å². The van der Waals surface area contributed by atoms with E-state index in [0.717, 1.165) is 44.8 Å². The Morgan fingerprint density at radius 1 is 1.26 bits per heavy atom. The number of amides is 1. The van der Waals surface area contributed by atoms with Crippen molar-refractivity contribution in [3.05, 3.63) is 30.2 Å². The van der Waals surface area contributed by atoms with Crippen molar-refractivity contribution in [3.63, 3.8) is 0 Å². The van der Waals surface area contributed by atoms with Crippen LogP contribution in [0, 0.1) is 0 Å². The topological polar surface area (TPSA) is 88.0 Å². The summed E-state index contributed by atoms with van der Waals surface area (Å²) in [6, 6.07) is 4.08. The van der Waals surface area contributed by atoms with Gasteiger partial charge in [0.15, 0.2) is 5.69 Å². The van der Waals surface area contributed by atoms with Crippen molar-refractivity contribution in [2.24, 2.45) is 0 Å². The molecule has 0 aliphatic carbocycles. The molecule has 0 atom stereocenters. The zero-order valence-corrected chi connectivity index (χ0v) is 17.2. The lowest BCUT2D eigenvalue weighted by Crippen LogP contribution is -2.29. The Morgan fingerprint density at radius 3 is 2.56 bits per heavy atom. The quantitative estimate of drug-likeness (QED) is 0.753. The van der Waals surface area contributed by atoms with E-state index in [1.165, 1.54) is 0 Å². The molecule has 0 saturated carbocycles. The minimum atomic E-state index is -0.266. The van der Waals surface area contributed by atoms with Crippen LogP contribution in [0.2, 0.25) is 0 Å². The Hall–Kier alpha value is -1.90. The highest BCUT2D eigenvalue weighted by atomic mass is 35.5. The first-order valence-electron chi connectivity index (χ1n) is 8.86. The smallest absolute Gasteiger partial charge is 0.277 e. The van der Waals surface area contributed by atoms with Crippen molar-refractivity contribution in [1.82, 2.24) is 25.3 Å². The van der Waals surface area contributed by atoms with Gasteiger partial charge < -0.3 is 15.5 Å². The van der Waals surface area contributed by atoms with E-state index in [2.05, 4.69) is 44.7 Å². The third-order valence-electron chi connectivity index (χ3n) is 4.52. The van der Waals surface area contributed by atoms with Crippen LogP contribution in [0.25, 0.3) is 0 Å². The maximum absolute atomic E-state index is 12.4. The van der Waals surface area contributed by atoms with E-state index in [1.54, 1.807) is 17.1 Å². The number of carbonyl (C=O) groups is 1. The highest BCUT2D eigenvalue weighted by Crippen LogP contribution is 2.18. The number of piperidine rings is 1. The van der Waals surface area contributed by atoms with Gasteiger partial charge in [-0.1, -0.05) is 5.21 Å². The van der Waals surface area contributed by atoms with Crippen molar-refractivity contribution in [1.29, 1.82) is 0 Å². The van der Waals surface area contributed by atoms with Crippen LogP contribution in [0.1, 0.15) is 43.2 Å².